The summed E-state index contributed by atoms with van der Waals surface area (Å²) >= 11 is 0. The van der Waals surface area contributed by atoms with Crippen LogP contribution in [0.5, 0.6) is 0 Å². The largest absolute Gasteiger partial charge is 0.342 e. The van der Waals surface area contributed by atoms with E-state index in [0.29, 0.717) is 13.1 Å². The van der Waals surface area contributed by atoms with Crippen LogP contribution in [0.1, 0.15) is 12.8 Å². The van der Waals surface area contributed by atoms with Gasteiger partial charge in [-0.3, -0.25) is 4.79 Å². The van der Waals surface area contributed by atoms with Gasteiger partial charge in [0.15, 0.2) is 0 Å². The van der Waals surface area contributed by atoms with Crippen molar-refractivity contribution in [3.63, 3.8) is 0 Å². The van der Waals surface area contributed by atoms with Crippen LogP contribution in [0, 0.1) is 5.92 Å². The van der Waals surface area contributed by atoms with E-state index in [9.17, 15) is 13.6 Å². The van der Waals surface area contributed by atoms with E-state index < -0.39 is 5.92 Å². The fourth-order valence-corrected chi connectivity index (χ4v) is 3.53. The molecule has 2 aliphatic rings. The van der Waals surface area contributed by atoms with Gasteiger partial charge in [0.05, 0.1) is 17.0 Å². The number of rotatable bonds is 2. The Morgan fingerprint density at radius 3 is 2.54 bits per heavy atom. The molecule has 3 heterocycles. The first-order chi connectivity index (χ1) is 11.4. The molecule has 0 aliphatic carbocycles. The van der Waals surface area contributed by atoms with Crippen LogP contribution in [0.2, 0.25) is 0 Å². The molecule has 0 atom stereocenters. The number of nitrogens with zero attached hydrogens (tertiary/aromatic N) is 4. The first-order valence-electron chi connectivity index (χ1n) is 8.28. The maximum absolute atomic E-state index is 13.2. The maximum Gasteiger partial charge on any atom is 0.251 e. The van der Waals surface area contributed by atoms with Gasteiger partial charge in [-0.1, -0.05) is 12.1 Å². The predicted octanol–water partition coefficient (Wildman–Crippen LogP) is 2.27. The van der Waals surface area contributed by atoms with Crippen LogP contribution in [-0.2, 0) is 11.8 Å². The van der Waals surface area contributed by atoms with E-state index in [0.717, 1.165) is 17.0 Å². The van der Waals surface area contributed by atoms with Gasteiger partial charge in [0, 0.05) is 46.1 Å². The van der Waals surface area contributed by atoms with Crippen molar-refractivity contribution in [2.75, 3.05) is 31.1 Å². The number of imidazole rings is 1. The van der Waals surface area contributed by atoms with E-state index in [1.807, 2.05) is 35.9 Å². The number of carbonyl (C=O) groups is 1. The number of benzene rings is 1. The molecule has 7 heteroatoms. The van der Waals surface area contributed by atoms with E-state index in [-0.39, 0.29) is 37.8 Å². The molecule has 0 spiro atoms. The third-order valence-corrected chi connectivity index (χ3v) is 5.08. The van der Waals surface area contributed by atoms with Crippen molar-refractivity contribution in [3.8, 4) is 0 Å². The summed E-state index contributed by atoms with van der Waals surface area (Å²) in [4.78, 5) is 20.7. The van der Waals surface area contributed by atoms with Crippen molar-refractivity contribution in [1.29, 1.82) is 0 Å². The molecule has 5 nitrogen and oxygen atoms in total. The molecule has 0 unspecified atom stereocenters. The molecule has 0 saturated carbocycles. The minimum absolute atomic E-state index is 0.000476. The van der Waals surface area contributed by atoms with Gasteiger partial charge in [-0.05, 0) is 12.1 Å². The number of aromatic nitrogens is 2. The highest BCUT2D eigenvalue weighted by Gasteiger charge is 2.41. The van der Waals surface area contributed by atoms with Crippen molar-refractivity contribution in [1.82, 2.24) is 14.5 Å². The smallest absolute Gasteiger partial charge is 0.251 e. The number of hydrogen-bond donors (Lipinski definition) is 0. The number of hydrogen-bond acceptors (Lipinski definition) is 3. The summed E-state index contributed by atoms with van der Waals surface area (Å²) in [6, 6.07) is 7.91. The Labute approximate surface area is 138 Å². The van der Waals surface area contributed by atoms with Gasteiger partial charge in [0.1, 0.15) is 0 Å². The van der Waals surface area contributed by atoms with Crippen molar-refractivity contribution < 1.29 is 13.6 Å². The van der Waals surface area contributed by atoms with E-state index in [1.54, 1.807) is 4.90 Å². The summed E-state index contributed by atoms with van der Waals surface area (Å²) in [7, 11) is 1.96. The number of fused-ring (bicyclic) bond motifs is 1. The van der Waals surface area contributed by atoms with Gasteiger partial charge in [-0.15, -0.1) is 0 Å². The molecular formula is C17H20F2N4O. The third-order valence-electron chi connectivity index (χ3n) is 5.08. The molecule has 2 fully saturated rings. The minimum atomic E-state index is -2.62. The van der Waals surface area contributed by atoms with Crippen molar-refractivity contribution in [3.05, 3.63) is 24.3 Å². The molecular weight excluding hydrogens is 314 g/mol. The van der Waals surface area contributed by atoms with Gasteiger partial charge in [-0.2, -0.15) is 0 Å². The molecule has 2 aliphatic heterocycles. The Morgan fingerprint density at radius 2 is 1.88 bits per heavy atom. The molecule has 24 heavy (non-hydrogen) atoms. The second-order valence-electron chi connectivity index (χ2n) is 6.74. The zero-order valence-corrected chi connectivity index (χ0v) is 13.6. The second-order valence-corrected chi connectivity index (χ2v) is 6.74. The lowest BCUT2D eigenvalue weighted by Gasteiger charge is -2.42. The number of para-hydroxylation sites is 2. The standard InChI is InChI=1S/C17H20F2N4O/c1-21-14-5-3-2-4-13(14)20-16(21)23-10-12(11-23)15(24)22-8-6-17(18,19)7-9-22/h2-5,12H,6-11H2,1H3. The van der Waals surface area contributed by atoms with Crippen LogP contribution in [0.3, 0.4) is 0 Å². The average Bonchev–Trinajstić information content (AvgIpc) is 2.83. The highest BCUT2D eigenvalue weighted by molar-refractivity contribution is 5.83. The Hall–Kier alpha value is -2.18. The summed E-state index contributed by atoms with van der Waals surface area (Å²) in [5.41, 5.74) is 1.99. The van der Waals surface area contributed by atoms with E-state index >= 15 is 0 Å². The lowest BCUT2D eigenvalue weighted by molar-refractivity contribution is -0.142. The molecule has 1 amide bonds. The van der Waals surface area contributed by atoms with Crippen LogP contribution in [-0.4, -0.2) is 52.5 Å². The quantitative estimate of drug-likeness (QED) is 0.846. The van der Waals surface area contributed by atoms with E-state index in [2.05, 4.69) is 9.88 Å². The number of anilines is 1. The molecule has 2 aromatic rings. The van der Waals surface area contributed by atoms with Crippen LogP contribution in [0.4, 0.5) is 14.7 Å². The Balaban J connectivity index is 1.41. The molecule has 2 saturated heterocycles. The molecule has 0 N–H and O–H groups in total. The zero-order chi connectivity index (χ0) is 16.9. The lowest BCUT2D eigenvalue weighted by Crippen LogP contribution is -2.57. The molecule has 4 rings (SSSR count). The molecule has 0 radical (unpaired) electrons. The highest BCUT2D eigenvalue weighted by Crippen LogP contribution is 2.31. The van der Waals surface area contributed by atoms with Crippen LogP contribution in [0.25, 0.3) is 11.0 Å². The Bertz CT molecular complexity index is 772. The first kappa shape index (κ1) is 15.4. The van der Waals surface area contributed by atoms with E-state index in [1.165, 1.54) is 0 Å². The van der Waals surface area contributed by atoms with Gasteiger partial charge in [-0.25, -0.2) is 13.8 Å². The maximum atomic E-state index is 13.2. The molecule has 0 bridgehead atoms. The Kier molecular flexibility index (Phi) is 3.47. The normalized spacial score (nSPS) is 21.1. The summed E-state index contributed by atoms with van der Waals surface area (Å²) in [5, 5.41) is 0. The topological polar surface area (TPSA) is 41.4 Å². The monoisotopic (exact) mass is 334 g/mol. The van der Waals surface area contributed by atoms with Crippen molar-refractivity contribution >= 4 is 22.9 Å². The Morgan fingerprint density at radius 1 is 1.21 bits per heavy atom. The fourth-order valence-electron chi connectivity index (χ4n) is 3.53. The number of alkyl halides is 2. The third kappa shape index (κ3) is 2.52. The van der Waals surface area contributed by atoms with Crippen molar-refractivity contribution in [2.45, 2.75) is 18.8 Å². The number of likely N-dealkylation sites (tertiary alicyclic amines) is 1. The second kappa shape index (κ2) is 5.43. The van der Waals surface area contributed by atoms with E-state index in [4.69, 9.17) is 0 Å². The average molecular weight is 334 g/mol. The van der Waals surface area contributed by atoms with Gasteiger partial charge < -0.3 is 14.4 Å². The lowest BCUT2D eigenvalue weighted by atomic mass is 9.97. The summed E-state index contributed by atoms with van der Waals surface area (Å²) in [6.07, 6.45) is -0.445. The number of piperidine rings is 1. The molecule has 1 aromatic heterocycles. The van der Waals surface area contributed by atoms with Crippen LogP contribution in [0.15, 0.2) is 24.3 Å². The van der Waals surface area contributed by atoms with Crippen molar-refractivity contribution in [2.24, 2.45) is 13.0 Å². The summed E-state index contributed by atoms with van der Waals surface area (Å²) in [5.74, 6) is -1.88. The number of amides is 1. The summed E-state index contributed by atoms with van der Waals surface area (Å²) < 4.78 is 28.4. The minimum Gasteiger partial charge on any atom is -0.342 e. The van der Waals surface area contributed by atoms with Gasteiger partial charge >= 0.3 is 0 Å². The molecule has 1 aromatic carbocycles. The SMILES string of the molecule is Cn1c(N2CC(C(=O)N3CCC(F)(F)CC3)C2)nc2ccccc21. The highest BCUT2D eigenvalue weighted by atomic mass is 19.3. The van der Waals surface area contributed by atoms with Crippen LogP contribution >= 0.6 is 0 Å². The molecule has 128 valence electrons. The number of aryl methyl sites for hydroxylation is 1. The summed E-state index contributed by atoms with van der Waals surface area (Å²) in [6.45, 7) is 1.52. The number of carbonyl (C=O) groups excluding carboxylic acids is 1. The zero-order valence-electron chi connectivity index (χ0n) is 13.6. The van der Waals surface area contributed by atoms with Gasteiger partial charge in [0.2, 0.25) is 11.9 Å². The van der Waals surface area contributed by atoms with Gasteiger partial charge in [0.25, 0.3) is 5.92 Å². The number of halogens is 2. The first-order valence-corrected chi connectivity index (χ1v) is 8.28. The fraction of sp³-hybridized carbons (Fsp3) is 0.529. The predicted molar refractivity (Wildman–Crippen MR) is 87.2 cm³/mol. The van der Waals surface area contributed by atoms with Crippen LogP contribution < -0.4 is 4.90 Å².